The van der Waals surface area contributed by atoms with Gasteiger partial charge in [0.2, 0.25) is 0 Å². The predicted molar refractivity (Wildman–Crippen MR) is 78.4 cm³/mol. The fourth-order valence-corrected chi connectivity index (χ4v) is 2.09. The molecule has 2 aromatic rings. The first-order chi connectivity index (χ1) is 8.72. The van der Waals surface area contributed by atoms with Crippen LogP contribution in [0.15, 0.2) is 36.4 Å². The van der Waals surface area contributed by atoms with E-state index in [1.807, 2.05) is 0 Å². The van der Waals surface area contributed by atoms with E-state index in [1.54, 1.807) is 0 Å². The molecule has 0 saturated heterocycles. The minimum absolute atomic E-state index is 0.0200. The summed E-state index contributed by atoms with van der Waals surface area (Å²) in [6.07, 6.45) is 2.03. The normalized spacial score (nSPS) is 11.9. The maximum absolute atomic E-state index is 5.95. The summed E-state index contributed by atoms with van der Waals surface area (Å²) in [5.74, 6) is 6.43. The molecule has 0 aliphatic carbocycles. The van der Waals surface area contributed by atoms with E-state index in [1.165, 1.54) is 16.3 Å². The Morgan fingerprint density at radius 1 is 1.17 bits per heavy atom. The zero-order chi connectivity index (χ0) is 13.0. The summed E-state index contributed by atoms with van der Waals surface area (Å²) < 4.78 is 0. The Labute approximate surface area is 109 Å². The molecule has 0 bridgehead atoms. The van der Waals surface area contributed by atoms with Crippen molar-refractivity contribution in [2.75, 3.05) is 0 Å². The van der Waals surface area contributed by atoms with Gasteiger partial charge in [0.05, 0.1) is 6.04 Å². The summed E-state index contributed by atoms with van der Waals surface area (Å²) in [5, 5.41) is 2.45. The van der Waals surface area contributed by atoms with Crippen molar-refractivity contribution in [3.8, 4) is 11.8 Å². The van der Waals surface area contributed by atoms with Crippen LogP contribution in [0.25, 0.3) is 10.8 Å². The van der Waals surface area contributed by atoms with Gasteiger partial charge in [0.25, 0.3) is 0 Å². The Balaban J connectivity index is 2.46. The number of benzene rings is 2. The standard InChI is InChI=1S/C17H19N/c1-3-6-15(18)11-12-16-13(2)9-10-14-7-4-5-8-17(14)16/h4-5,7-10,15H,3,6,18H2,1-2H3. The number of fused-ring (bicyclic) bond motifs is 1. The van der Waals surface area contributed by atoms with Crippen LogP contribution in [-0.2, 0) is 0 Å². The minimum Gasteiger partial charge on any atom is -0.318 e. The summed E-state index contributed by atoms with van der Waals surface area (Å²) in [4.78, 5) is 0. The minimum atomic E-state index is -0.0200. The maximum Gasteiger partial charge on any atom is 0.0668 e. The monoisotopic (exact) mass is 237 g/mol. The lowest BCUT2D eigenvalue weighted by atomic mass is 10.00. The number of rotatable bonds is 2. The molecule has 1 heteroatoms. The molecule has 0 aliphatic rings. The summed E-state index contributed by atoms with van der Waals surface area (Å²) >= 11 is 0. The maximum atomic E-state index is 5.95. The van der Waals surface area contributed by atoms with Gasteiger partial charge in [-0.05, 0) is 29.7 Å². The SMILES string of the molecule is CCCC(N)C#Cc1c(C)ccc2ccccc12. The molecule has 1 atom stereocenters. The van der Waals surface area contributed by atoms with E-state index in [2.05, 4.69) is 62.1 Å². The van der Waals surface area contributed by atoms with Gasteiger partial charge in [0, 0.05) is 5.56 Å². The molecular formula is C17H19N. The van der Waals surface area contributed by atoms with E-state index < -0.39 is 0 Å². The quantitative estimate of drug-likeness (QED) is 0.793. The van der Waals surface area contributed by atoms with Gasteiger partial charge < -0.3 is 5.73 Å². The van der Waals surface area contributed by atoms with Crippen LogP contribution < -0.4 is 5.73 Å². The molecule has 2 rings (SSSR count). The number of hydrogen-bond acceptors (Lipinski definition) is 1. The first kappa shape index (κ1) is 12.7. The lowest BCUT2D eigenvalue weighted by Crippen LogP contribution is -2.16. The van der Waals surface area contributed by atoms with Gasteiger partial charge in [-0.15, -0.1) is 0 Å². The molecule has 2 aromatic carbocycles. The van der Waals surface area contributed by atoms with E-state index >= 15 is 0 Å². The third kappa shape index (κ3) is 2.72. The van der Waals surface area contributed by atoms with Crippen LogP contribution >= 0.6 is 0 Å². The summed E-state index contributed by atoms with van der Waals surface area (Å²) in [5.41, 5.74) is 8.28. The molecule has 0 amide bonds. The van der Waals surface area contributed by atoms with Crippen molar-refractivity contribution in [2.24, 2.45) is 5.73 Å². The first-order valence-electron chi connectivity index (χ1n) is 6.48. The van der Waals surface area contributed by atoms with E-state index in [4.69, 9.17) is 5.73 Å². The number of hydrogen-bond donors (Lipinski definition) is 1. The lowest BCUT2D eigenvalue weighted by molar-refractivity contribution is 0.720. The molecule has 0 spiro atoms. The lowest BCUT2D eigenvalue weighted by Gasteiger charge is -2.05. The van der Waals surface area contributed by atoms with Crippen molar-refractivity contribution in [2.45, 2.75) is 32.7 Å². The average Bonchev–Trinajstić information content (AvgIpc) is 2.38. The topological polar surface area (TPSA) is 26.0 Å². The molecule has 0 fully saturated rings. The molecule has 92 valence electrons. The van der Waals surface area contributed by atoms with Gasteiger partial charge in [-0.3, -0.25) is 0 Å². The summed E-state index contributed by atoms with van der Waals surface area (Å²) in [7, 11) is 0. The molecule has 0 aliphatic heterocycles. The largest absolute Gasteiger partial charge is 0.318 e. The van der Waals surface area contributed by atoms with Crippen molar-refractivity contribution in [1.82, 2.24) is 0 Å². The van der Waals surface area contributed by atoms with Gasteiger partial charge in [0.1, 0.15) is 0 Å². The second-order valence-corrected chi connectivity index (χ2v) is 4.64. The van der Waals surface area contributed by atoms with Gasteiger partial charge in [-0.1, -0.05) is 61.6 Å². The van der Waals surface area contributed by atoms with Gasteiger partial charge in [-0.25, -0.2) is 0 Å². The predicted octanol–water partition coefficient (Wildman–Crippen LogP) is 3.63. The zero-order valence-electron chi connectivity index (χ0n) is 11.0. The number of nitrogens with two attached hydrogens (primary N) is 1. The first-order valence-corrected chi connectivity index (χ1v) is 6.48. The third-order valence-electron chi connectivity index (χ3n) is 3.12. The summed E-state index contributed by atoms with van der Waals surface area (Å²) in [6.45, 7) is 4.23. The van der Waals surface area contributed by atoms with Crippen molar-refractivity contribution >= 4 is 10.8 Å². The molecule has 2 N–H and O–H groups in total. The average molecular weight is 237 g/mol. The molecule has 18 heavy (non-hydrogen) atoms. The Kier molecular flexibility index (Phi) is 4.02. The van der Waals surface area contributed by atoms with Crippen LogP contribution in [0, 0.1) is 18.8 Å². The highest BCUT2D eigenvalue weighted by Gasteiger charge is 2.02. The highest BCUT2D eigenvalue weighted by atomic mass is 14.6. The summed E-state index contributed by atoms with van der Waals surface area (Å²) in [6, 6.07) is 12.6. The third-order valence-corrected chi connectivity index (χ3v) is 3.12. The van der Waals surface area contributed by atoms with E-state index in [0.29, 0.717) is 0 Å². The molecule has 1 unspecified atom stereocenters. The van der Waals surface area contributed by atoms with E-state index in [-0.39, 0.29) is 6.04 Å². The van der Waals surface area contributed by atoms with Crippen molar-refractivity contribution < 1.29 is 0 Å². The van der Waals surface area contributed by atoms with Crippen molar-refractivity contribution in [1.29, 1.82) is 0 Å². The van der Waals surface area contributed by atoms with E-state index in [9.17, 15) is 0 Å². The second-order valence-electron chi connectivity index (χ2n) is 4.64. The van der Waals surface area contributed by atoms with E-state index in [0.717, 1.165) is 18.4 Å². The van der Waals surface area contributed by atoms with Gasteiger partial charge in [-0.2, -0.15) is 0 Å². The van der Waals surface area contributed by atoms with Crippen LogP contribution in [0.1, 0.15) is 30.9 Å². The van der Waals surface area contributed by atoms with Crippen molar-refractivity contribution in [3.05, 3.63) is 47.5 Å². The Morgan fingerprint density at radius 3 is 2.72 bits per heavy atom. The molecule has 0 heterocycles. The number of aryl methyl sites for hydroxylation is 1. The molecular weight excluding hydrogens is 218 g/mol. The van der Waals surface area contributed by atoms with Crippen LogP contribution in [-0.4, -0.2) is 6.04 Å². The van der Waals surface area contributed by atoms with Gasteiger partial charge in [0.15, 0.2) is 0 Å². The van der Waals surface area contributed by atoms with Crippen LogP contribution in [0.4, 0.5) is 0 Å². The second kappa shape index (κ2) is 5.71. The Hall–Kier alpha value is -1.78. The molecule has 1 nitrogen and oxygen atoms in total. The fraction of sp³-hybridized carbons (Fsp3) is 0.294. The highest BCUT2D eigenvalue weighted by Crippen LogP contribution is 2.21. The Bertz CT molecular complexity index is 602. The molecule has 0 aromatic heterocycles. The smallest absolute Gasteiger partial charge is 0.0668 e. The molecule has 0 saturated carbocycles. The van der Waals surface area contributed by atoms with Gasteiger partial charge >= 0.3 is 0 Å². The fourth-order valence-electron chi connectivity index (χ4n) is 2.09. The zero-order valence-corrected chi connectivity index (χ0v) is 11.0. The Morgan fingerprint density at radius 2 is 1.94 bits per heavy atom. The van der Waals surface area contributed by atoms with Crippen LogP contribution in [0.5, 0.6) is 0 Å². The van der Waals surface area contributed by atoms with Crippen LogP contribution in [0.2, 0.25) is 0 Å². The highest BCUT2D eigenvalue weighted by molar-refractivity contribution is 5.89. The molecule has 0 radical (unpaired) electrons. The van der Waals surface area contributed by atoms with Crippen molar-refractivity contribution in [3.63, 3.8) is 0 Å². The van der Waals surface area contributed by atoms with Crippen LogP contribution in [0.3, 0.4) is 0 Å².